The lowest BCUT2D eigenvalue weighted by atomic mass is 9.77. The zero-order valence-corrected chi connectivity index (χ0v) is 17.9. The van der Waals surface area contributed by atoms with Gasteiger partial charge in [0.15, 0.2) is 0 Å². The second kappa shape index (κ2) is 10.1. The van der Waals surface area contributed by atoms with Crippen molar-refractivity contribution in [3.05, 3.63) is 35.4 Å². The highest BCUT2D eigenvalue weighted by atomic mass is 16.3. The maximum atomic E-state index is 13.3. The third kappa shape index (κ3) is 5.03. The Morgan fingerprint density at radius 1 is 1.00 bits per heavy atom. The van der Waals surface area contributed by atoms with Gasteiger partial charge in [-0.1, -0.05) is 43.5 Å². The number of nitrogens with zero attached hydrogens (tertiary/aromatic N) is 2. The molecule has 1 N–H and O–H groups in total. The van der Waals surface area contributed by atoms with Crippen LogP contribution in [0.2, 0.25) is 0 Å². The molecule has 1 aliphatic carbocycles. The molecular formula is C25H38N2O2. The minimum atomic E-state index is 0.294. The average molecular weight is 399 g/mol. The summed E-state index contributed by atoms with van der Waals surface area (Å²) in [6.45, 7) is 4.23. The molecule has 160 valence electrons. The number of hydrogen-bond donors (Lipinski definition) is 1. The number of fused-ring (bicyclic) bond motifs is 1. The number of benzene rings is 1. The molecule has 2 fully saturated rings. The number of aliphatic hydroxyl groups is 1. The Hall–Kier alpha value is -1.39. The van der Waals surface area contributed by atoms with Gasteiger partial charge in [0.2, 0.25) is 5.91 Å². The first-order chi connectivity index (χ1) is 14.3. The molecule has 1 atom stereocenters. The van der Waals surface area contributed by atoms with E-state index in [0.29, 0.717) is 36.8 Å². The van der Waals surface area contributed by atoms with Gasteiger partial charge in [-0.2, -0.15) is 0 Å². The van der Waals surface area contributed by atoms with Gasteiger partial charge in [-0.05, 0) is 74.6 Å². The highest BCUT2D eigenvalue weighted by Crippen LogP contribution is 2.42. The fraction of sp³-hybridized carbons (Fsp3) is 0.720. The average Bonchev–Trinajstić information content (AvgIpc) is 2.78. The van der Waals surface area contributed by atoms with E-state index < -0.39 is 0 Å². The molecule has 1 amide bonds. The van der Waals surface area contributed by atoms with Crippen molar-refractivity contribution in [2.75, 3.05) is 32.8 Å². The number of amides is 1. The van der Waals surface area contributed by atoms with Crippen LogP contribution in [-0.4, -0.2) is 53.6 Å². The van der Waals surface area contributed by atoms with Crippen molar-refractivity contribution >= 4 is 5.91 Å². The highest BCUT2D eigenvalue weighted by Gasteiger charge is 2.36. The molecule has 3 aliphatic rings. The van der Waals surface area contributed by atoms with Crippen LogP contribution in [0.25, 0.3) is 0 Å². The van der Waals surface area contributed by atoms with Crippen LogP contribution in [0.15, 0.2) is 24.3 Å². The zero-order chi connectivity index (χ0) is 20.1. The van der Waals surface area contributed by atoms with E-state index in [0.717, 1.165) is 51.9 Å². The lowest BCUT2D eigenvalue weighted by Gasteiger charge is -2.43. The molecule has 29 heavy (non-hydrogen) atoms. The van der Waals surface area contributed by atoms with Crippen LogP contribution in [0.4, 0.5) is 0 Å². The maximum Gasteiger partial charge on any atom is 0.224 e. The molecule has 1 aromatic rings. The van der Waals surface area contributed by atoms with Crippen molar-refractivity contribution in [2.24, 2.45) is 11.8 Å². The minimum absolute atomic E-state index is 0.294. The number of hydrogen-bond acceptors (Lipinski definition) is 3. The summed E-state index contributed by atoms with van der Waals surface area (Å²) >= 11 is 0. The van der Waals surface area contributed by atoms with Crippen molar-refractivity contribution < 1.29 is 9.90 Å². The summed E-state index contributed by atoms with van der Waals surface area (Å²) < 4.78 is 0. The Morgan fingerprint density at radius 2 is 1.76 bits per heavy atom. The standard InChI is InChI=1S/C25H38N2O2/c28-19-14-20-10-15-26(16-11-20)17-13-24(29)27-18-12-21-6-4-5-9-23(21)25(27)22-7-2-1-3-8-22/h4-6,9,20,22,25,28H,1-3,7-8,10-19H2. The van der Waals surface area contributed by atoms with Gasteiger partial charge in [0.25, 0.3) is 0 Å². The Kier molecular flexibility index (Phi) is 7.25. The number of aliphatic hydroxyl groups excluding tert-OH is 1. The van der Waals surface area contributed by atoms with Crippen molar-refractivity contribution in [1.82, 2.24) is 9.80 Å². The molecule has 2 aliphatic heterocycles. The molecule has 0 radical (unpaired) electrons. The van der Waals surface area contributed by atoms with Crippen LogP contribution in [0, 0.1) is 11.8 Å². The largest absolute Gasteiger partial charge is 0.396 e. The molecule has 4 nitrogen and oxygen atoms in total. The van der Waals surface area contributed by atoms with Crippen LogP contribution >= 0.6 is 0 Å². The smallest absolute Gasteiger partial charge is 0.224 e. The van der Waals surface area contributed by atoms with E-state index in [2.05, 4.69) is 34.1 Å². The second-order valence-corrected chi connectivity index (χ2v) is 9.43. The summed E-state index contributed by atoms with van der Waals surface area (Å²) in [5.41, 5.74) is 2.88. The van der Waals surface area contributed by atoms with Crippen LogP contribution in [-0.2, 0) is 11.2 Å². The van der Waals surface area contributed by atoms with Crippen LogP contribution in [0.5, 0.6) is 0 Å². The topological polar surface area (TPSA) is 43.8 Å². The molecule has 1 saturated heterocycles. The normalized spacial score (nSPS) is 24.4. The summed E-state index contributed by atoms with van der Waals surface area (Å²) in [5, 5.41) is 9.14. The van der Waals surface area contributed by atoms with Crippen LogP contribution < -0.4 is 0 Å². The molecule has 0 spiro atoms. The number of rotatable bonds is 6. The Labute approximate surface area is 176 Å². The predicted molar refractivity (Wildman–Crippen MR) is 117 cm³/mol. The molecule has 2 heterocycles. The van der Waals surface area contributed by atoms with Gasteiger partial charge >= 0.3 is 0 Å². The van der Waals surface area contributed by atoms with Crippen LogP contribution in [0.3, 0.4) is 0 Å². The fourth-order valence-corrected chi connectivity index (χ4v) is 5.92. The van der Waals surface area contributed by atoms with Gasteiger partial charge in [-0.3, -0.25) is 4.79 Å². The molecular weight excluding hydrogens is 360 g/mol. The highest BCUT2D eigenvalue weighted by molar-refractivity contribution is 5.77. The minimum Gasteiger partial charge on any atom is -0.396 e. The van der Waals surface area contributed by atoms with Crippen molar-refractivity contribution in [1.29, 1.82) is 0 Å². The Bertz CT molecular complexity index is 663. The zero-order valence-electron chi connectivity index (χ0n) is 17.9. The van der Waals surface area contributed by atoms with E-state index in [4.69, 9.17) is 5.11 Å². The number of carbonyl (C=O) groups excluding carboxylic acids is 1. The van der Waals surface area contributed by atoms with Gasteiger partial charge in [-0.25, -0.2) is 0 Å². The van der Waals surface area contributed by atoms with E-state index in [1.165, 1.54) is 43.2 Å². The van der Waals surface area contributed by atoms with Gasteiger partial charge < -0.3 is 14.9 Å². The summed E-state index contributed by atoms with van der Waals surface area (Å²) in [7, 11) is 0. The number of likely N-dealkylation sites (tertiary alicyclic amines) is 1. The molecule has 0 aromatic heterocycles. The summed E-state index contributed by atoms with van der Waals surface area (Å²) in [6.07, 6.45) is 11.4. The molecule has 1 aromatic carbocycles. The van der Waals surface area contributed by atoms with Crippen LogP contribution in [0.1, 0.15) is 75.0 Å². The van der Waals surface area contributed by atoms with E-state index in [1.54, 1.807) is 0 Å². The first-order valence-corrected chi connectivity index (χ1v) is 12.0. The van der Waals surface area contributed by atoms with Gasteiger partial charge in [0.1, 0.15) is 0 Å². The Morgan fingerprint density at radius 3 is 2.52 bits per heavy atom. The molecule has 1 saturated carbocycles. The van der Waals surface area contributed by atoms with E-state index >= 15 is 0 Å². The van der Waals surface area contributed by atoms with Crippen molar-refractivity contribution in [3.8, 4) is 0 Å². The SMILES string of the molecule is O=C(CCN1CCC(CCO)CC1)N1CCc2ccccc2C1C1CCCCC1. The van der Waals surface area contributed by atoms with E-state index in [9.17, 15) is 4.79 Å². The number of carbonyl (C=O) groups is 1. The summed E-state index contributed by atoms with van der Waals surface area (Å²) in [4.78, 5) is 18.0. The second-order valence-electron chi connectivity index (χ2n) is 9.43. The van der Waals surface area contributed by atoms with E-state index in [1.807, 2.05) is 0 Å². The predicted octanol–water partition coefficient (Wildman–Crippen LogP) is 4.18. The van der Waals surface area contributed by atoms with E-state index in [-0.39, 0.29) is 0 Å². The van der Waals surface area contributed by atoms with Gasteiger partial charge in [-0.15, -0.1) is 0 Å². The maximum absolute atomic E-state index is 13.3. The quantitative estimate of drug-likeness (QED) is 0.782. The third-order valence-corrected chi connectivity index (χ3v) is 7.63. The molecule has 4 rings (SSSR count). The molecule has 4 heteroatoms. The van der Waals surface area contributed by atoms with Crippen molar-refractivity contribution in [2.45, 2.75) is 70.3 Å². The lowest BCUT2D eigenvalue weighted by Crippen LogP contribution is -2.45. The summed E-state index contributed by atoms with van der Waals surface area (Å²) in [6, 6.07) is 9.14. The first-order valence-electron chi connectivity index (χ1n) is 12.0. The summed E-state index contributed by atoms with van der Waals surface area (Å²) in [5.74, 6) is 1.65. The van der Waals surface area contributed by atoms with Gasteiger partial charge in [0.05, 0.1) is 6.04 Å². The first kappa shape index (κ1) is 20.9. The molecule has 0 bridgehead atoms. The molecule has 1 unspecified atom stereocenters. The van der Waals surface area contributed by atoms with Gasteiger partial charge in [0, 0.05) is 26.1 Å². The Balaban J connectivity index is 1.39. The third-order valence-electron chi connectivity index (χ3n) is 7.63. The van der Waals surface area contributed by atoms with Crippen molar-refractivity contribution in [3.63, 3.8) is 0 Å². The monoisotopic (exact) mass is 398 g/mol. The lowest BCUT2D eigenvalue weighted by molar-refractivity contribution is -0.136. The fourth-order valence-electron chi connectivity index (χ4n) is 5.92. The number of piperidine rings is 1.